The summed E-state index contributed by atoms with van der Waals surface area (Å²) in [6.45, 7) is 9.16. The number of rotatable bonds is 7. The van der Waals surface area contributed by atoms with Crippen molar-refractivity contribution in [1.82, 2.24) is 0 Å². The van der Waals surface area contributed by atoms with Gasteiger partial charge in [-0.1, -0.05) is 116 Å². The summed E-state index contributed by atoms with van der Waals surface area (Å²) in [5.74, 6) is 2.87. The van der Waals surface area contributed by atoms with E-state index in [0.29, 0.717) is 5.92 Å². The molecule has 1 aromatic carbocycles. The third kappa shape index (κ3) is 8.04. The van der Waals surface area contributed by atoms with Crippen LogP contribution in [0.2, 0.25) is 0 Å². The number of benzene rings is 1. The highest BCUT2D eigenvalue weighted by Gasteiger charge is 2.21. The fraction of sp³-hybridized carbons (Fsp3) is 0.739. The first-order chi connectivity index (χ1) is 11.2. The zero-order chi connectivity index (χ0) is 16.9. The fourth-order valence-electron chi connectivity index (χ4n) is 3.98. The molecule has 1 atom stereocenters. The molecule has 0 spiro atoms. The second-order valence-electron chi connectivity index (χ2n) is 7.46. The first-order valence-electron chi connectivity index (χ1n) is 10.3. The van der Waals surface area contributed by atoms with E-state index in [-0.39, 0.29) is 0 Å². The van der Waals surface area contributed by atoms with Crippen LogP contribution in [0.15, 0.2) is 30.3 Å². The minimum absolute atomic E-state index is 0.709. The summed E-state index contributed by atoms with van der Waals surface area (Å²) in [5.41, 5.74) is 1.45. The molecule has 132 valence electrons. The average molecular weight is 317 g/mol. The Bertz CT molecular complexity index is 355. The Labute approximate surface area is 146 Å². The van der Waals surface area contributed by atoms with E-state index in [1.54, 1.807) is 0 Å². The monoisotopic (exact) mass is 316 g/mol. The summed E-state index contributed by atoms with van der Waals surface area (Å²) >= 11 is 0. The van der Waals surface area contributed by atoms with Crippen molar-refractivity contribution in [2.45, 2.75) is 97.8 Å². The van der Waals surface area contributed by atoms with E-state index < -0.39 is 0 Å². The van der Waals surface area contributed by atoms with Crippen LogP contribution < -0.4 is 0 Å². The molecule has 0 aromatic heterocycles. The summed E-state index contributed by atoms with van der Waals surface area (Å²) in [6.07, 6.45) is 14.6. The highest BCUT2D eigenvalue weighted by molar-refractivity contribution is 5.18. The van der Waals surface area contributed by atoms with E-state index in [2.05, 4.69) is 58.0 Å². The summed E-state index contributed by atoms with van der Waals surface area (Å²) in [6, 6.07) is 10.6. The fourth-order valence-corrected chi connectivity index (χ4v) is 3.98. The number of hydrogen-bond donors (Lipinski definition) is 0. The van der Waals surface area contributed by atoms with Crippen LogP contribution in [0, 0.1) is 11.8 Å². The lowest BCUT2D eigenvalue weighted by Gasteiger charge is -2.30. The van der Waals surface area contributed by atoms with Crippen molar-refractivity contribution in [3.8, 4) is 0 Å². The Kier molecular flexibility index (Phi) is 11.1. The van der Waals surface area contributed by atoms with Gasteiger partial charge in [-0.2, -0.15) is 0 Å². The van der Waals surface area contributed by atoms with Gasteiger partial charge < -0.3 is 0 Å². The molecule has 0 aliphatic heterocycles. The third-order valence-corrected chi connectivity index (χ3v) is 5.62. The molecule has 1 aromatic rings. The molecule has 1 fully saturated rings. The molecule has 2 rings (SSSR count). The first-order valence-corrected chi connectivity index (χ1v) is 10.3. The largest absolute Gasteiger partial charge is 0.0654 e. The van der Waals surface area contributed by atoms with E-state index in [4.69, 9.17) is 0 Å². The van der Waals surface area contributed by atoms with E-state index in [1.165, 1.54) is 69.8 Å². The van der Waals surface area contributed by atoms with Gasteiger partial charge in [0.05, 0.1) is 0 Å². The zero-order valence-corrected chi connectivity index (χ0v) is 16.2. The topological polar surface area (TPSA) is 0 Å². The Morgan fingerprint density at radius 1 is 0.870 bits per heavy atom. The maximum absolute atomic E-state index is 2.34. The molecule has 0 nitrogen and oxygen atoms in total. The molecular weight excluding hydrogens is 276 g/mol. The highest BCUT2D eigenvalue weighted by Crippen LogP contribution is 2.34. The Morgan fingerprint density at radius 2 is 1.43 bits per heavy atom. The summed E-state index contributed by atoms with van der Waals surface area (Å²) in [7, 11) is 0. The zero-order valence-electron chi connectivity index (χ0n) is 16.2. The molecule has 0 bridgehead atoms. The van der Waals surface area contributed by atoms with Crippen LogP contribution in [0.25, 0.3) is 0 Å². The van der Waals surface area contributed by atoms with Crippen molar-refractivity contribution in [2.75, 3.05) is 0 Å². The minimum Gasteiger partial charge on any atom is -0.0654 e. The van der Waals surface area contributed by atoms with Gasteiger partial charge in [-0.3, -0.25) is 0 Å². The molecule has 1 unspecified atom stereocenters. The third-order valence-electron chi connectivity index (χ3n) is 5.62. The predicted molar refractivity (Wildman–Crippen MR) is 105 cm³/mol. The first kappa shape index (κ1) is 20.3. The van der Waals surface area contributed by atoms with Crippen LogP contribution in [0.4, 0.5) is 0 Å². The summed E-state index contributed by atoms with van der Waals surface area (Å²) in [5, 5.41) is 0. The van der Waals surface area contributed by atoms with Gasteiger partial charge in [-0.15, -0.1) is 0 Å². The quantitative estimate of drug-likeness (QED) is 0.478. The van der Waals surface area contributed by atoms with Gasteiger partial charge in [0.15, 0.2) is 0 Å². The molecule has 0 heteroatoms. The lowest BCUT2D eigenvalue weighted by molar-refractivity contribution is 0.222. The Morgan fingerprint density at radius 3 is 1.91 bits per heavy atom. The van der Waals surface area contributed by atoms with Gasteiger partial charge in [0, 0.05) is 0 Å². The van der Waals surface area contributed by atoms with Crippen LogP contribution in [0.1, 0.15) is 103 Å². The maximum Gasteiger partial charge on any atom is -0.0193 e. The molecule has 1 aliphatic carbocycles. The summed E-state index contributed by atoms with van der Waals surface area (Å²) in [4.78, 5) is 0. The molecule has 0 saturated heterocycles. The van der Waals surface area contributed by atoms with Crippen molar-refractivity contribution in [2.24, 2.45) is 11.8 Å². The molecule has 1 saturated carbocycles. The van der Waals surface area contributed by atoms with Crippen molar-refractivity contribution >= 4 is 0 Å². The van der Waals surface area contributed by atoms with E-state index in [1.807, 2.05) is 0 Å². The van der Waals surface area contributed by atoms with Crippen LogP contribution in [-0.2, 0) is 0 Å². The molecule has 0 radical (unpaired) electrons. The van der Waals surface area contributed by atoms with Gasteiger partial charge in [0.1, 0.15) is 0 Å². The highest BCUT2D eigenvalue weighted by atomic mass is 14.3. The normalized spacial score (nSPS) is 16.7. The van der Waals surface area contributed by atoms with Gasteiger partial charge in [0.25, 0.3) is 0 Å². The van der Waals surface area contributed by atoms with Crippen LogP contribution in [-0.4, -0.2) is 0 Å². The second-order valence-corrected chi connectivity index (χ2v) is 7.46. The Balaban J connectivity index is 0.000000238. The Hall–Kier alpha value is -0.780. The van der Waals surface area contributed by atoms with E-state index in [9.17, 15) is 0 Å². The van der Waals surface area contributed by atoms with Crippen molar-refractivity contribution in [3.05, 3.63) is 35.9 Å². The standard InChI is InChI=1S/C13H26.C10H14/c1-3-8-12(9-4-2)13-10-6-5-7-11-13;1-3-9(2)10-7-5-4-6-8-10/h12-13H,3-11H2,1-2H3;4-9H,3H2,1-2H3. The molecule has 1 aliphatic rings. The number of hydrogen-bond acceptors (Lipinski definition) is 0. The van der Waals surface area contributed by atoms with E-state index in [0.717, 1.165) is 11.8 Å². The molecule has 0 amide bonds. The minimum atomic E-state index is 0.709. The van der Waals surface area contributed by atoms with Crippen molar-refractivity contribution in [3.63, 3.8) is 0 Å². The molecule has 0 heterocycles. The SMILES string of the molecule is CCC(C)c1ccccc1.CCCC(CCC)C1CCCCC1. The lowest BCUT2D eigenvalue weighted by atomic mass is 9.76. The maximum atomic E-state index is 2.34. The summed E-state index contributed by atoms with van der Waals surface area (Å²) < 4.78 is 0. The van der Waals surface area contributed by atoms with E-state index >= 15 is 0 Å². The predicted octanol–water partition coefficient (Wildman–Crippen LogP) is 7.98. The second kappa shape index (κ2) is 12.6. The lowest BCUT2D eigenvalue weighted by Crippen LogP contribution is -2.17. The average Bonchev–Trinajstić information content (AvgIpc) is 2.63. The van der Waals surface area contributed by atoms with Gasteiger partial charge in [-0.05, 0) is 29.7 Å². The molecule has 0 N–H and O–H groups in total. The van der Waals surface area contributed by atoms with Gasteiger partial charge in [-0.25, -0.2) is 0 Å². The van der Waals surface area contributed by atoms with Crippen LogP contribution in [0.3, 0.4) is 0 Å². The van der Waals surface area contributed by atoms with Gasteiger partial charge >= 0.3 is 0 Å². The van der Waals surface area contributed by atoms with Crippen LogP contribution in [0.5, 0.6) is 0 Å². The van der Waals surface area contributed by atoms with Crippen LogP contribution >= 0.6 is 0 Å². The van der Waals surface area contributed by atoms with Gasteiger partial charge in [0.2, 0.25) is 0 Å². The molecule has 23 heavy (non-hydrogen) atoms. The molecular formula is C23H40. The van der Waals surface area contributed by atoms with Crippen molar-refractivity contribution in [1.29, 1.82) is 0 Å². The van der Waals surface area contributed by atoms with Crippen molar-refractivity contribution < 1.29 is 0 Å². The smallest absolute Gasteiger partial charge is 0.0193 e.